The van der Waals surface area contributed by atoms with E-state index < -0.39 is 6.10 Å². The molecule has 15 heavy (non-hydrogen) atoms. The number of hydrogen-bond donors (Lipinski definition) is 1. The first kappa shape index (κ1) is 9.71. The van der Waals surface area contributed by atoms with Crippen LogP contribution in [-0.2, 0) is 9.63 Å². The first-order valence-electron chi connectivity index (χ1n) is 4.78. The smallest absolute Gasteiger partial charge is 0.269 e. The summed E-state index contributed by atoms with van der Waals surface area (Å²) in [6.45, 7) is 3.66. The Labute approximate surface area is 87.9 Å². The molecule has 0 aromatic heterocycles. The van der Waals surface area contributed by atoms with Gasteiger partial charge < -0.3 is 10.2 Å². The minimum absolute atomic E-state index is 0.166. The van der Waals surface area contributed by atoms with Crippen LogP contribution in [-0.4, -0.2) is 17.8 Å². The van der Waals surface area contributed by atoms with Gasteiger partial charge in [-0.1, -0.05) is 35.0 Å². The molecule has 78 valence electrons. The number of amidine groups is 1. The van der Waals surface area contributed by atoms with Gasteiger partial charge in [0, 0.05) is 5.56 Å². The maximum atomic E-state index is 11.3. The molecular weight excluding hydrogens is 192 g/mol. The molecule has 1 N–H and O–H groups in total. The van der Waals surface area contributed by atoms with Crippen LogP contribution >= 0.6 is 0 Å². The van der Waals surface area contributed by atoms with Crippen molar-refractivity contribution < 1.29 is 9.63 Å². The van der Waals surface area contributed by atoms with Crippen LogP contribution in [0.2, 0.25) is 0 Å². The summed E-state index contributed by atoms with van der Waals surface area (Å²) in [5.41, 5.74) is 2.01. The second-order valence-corrected chi connectivity index (χ2v) is 3.54. The Kier molecular flexibility index (Phi) is 2.41. The van der Waals surface area contributed by atoms with Crippen molar-refractivity contribution in [1.29, 1.82) is 0 Å². The molecular formula is C11H12N2O2. The number of amides is 1. The molecule has 4 nitrogen and oxygen atoms in total. The average molecular weight is 204 g/mol. The number of hydrogen-bond acceptors (Lipinski definition) is 3. The lowest BCUT2D eigenvalue weighted by Gasteiger charge is -2.18. The summed E-state index contributed by atoms with van der Waals surface area (Å²) >= 11 is 0. The van der Waals surface area contributed by atoms with Crippen molar-refractivity contribution in [1.82, 2.24) is 5.32 Å². The molecule has 0 radical (unpaired) electrons. The van der Waals surface area contributed by atoms with Gasteiger partial charge in [-0.2, -0.15) is 0 Å². The Bertz CT molecular complexity index is 409. The zero-order valence-corrected chi connectivity index (χ0v) is 8.65. The third-order valence-electron chi connectivity index (χ3n) is 2.24. The van der Waals surface area contributed by atoms with E-state index in [1.165, 1.54) is 0 Å². The first-order chi connectivity index (χ1) is 7.16. The normalized spacial score (nSPS) is 20.3. The van der Waals surface area contributed by atoms with Gasteiger partial charge >= 0.3 is 0 Å². The van der Waals surface area contributed by atoms with Crippen LogP contribution in [0.1, 0.15) is 18.1 Å². The van der Waals surface area contributed by atoms with Gasteiger partial charge in [-0.3, -0.25) is 4.79 Å². The molecule has 4 heteroatoms. The number of nitrogens with one attached hydrogen (secondary N) is 1. The molecule has 1 heterocycles. The summed E-state index contributed by atoms with van der Waals surface area (Å²) in [5.74, 6) is 0.304. The van der Waals surface area contributed by atoms with Crippen molar-refractivity contribution in [3.8, 4) is 0 Å². The Balaban J connectivity index is 2.25. The molecule has 1 unspecified atom stereocenters. The van der Waals surface area contributed by atoms with Crippen LogP contribution in [0, 0.1) is 6.92 Å². The largest absolute Gasteiger partial charge is 0.381 e. The number of aryl methyl sites for hydroxylation is 1. The summed E-state index contributed by atoms with van der Waals surface area (Å²) in [6, 6.07) is 7.71. The monoisotopic (exact) mass is 204 g/mol. The third kappa shape index (κ3) is 1.98. The molecule has 1 aliphatic heterocycles. The molecule has 2 rings (SSSR count). The van der Waals surface area contributed by atoms with E-state index in [0.29, 0.717) is 5.84 Å². The second kappa shape index (κ2) is 3.73. The van der Waals surface area contributed by atoms with Gasteiger partial charge in [0.05, 0.1) is 0 Å². The van der Waals surface area contributed by atoms with Crippen molar-refractivity contribution in [2.45, 2.75) is 20.0 Å². The number of oxime groups is 1. The van der Waals surface area contributed by atoms with Crippen molar-refractivity contribution in [3.63, 3.8) is 0 Å². The maximum absolute atomic E-state index is 11.3. The van der Waals surface area contributed by atoms with E-state index in [0.717, 1.165) is 11.1 Å². The van der Waals surface area contributed by atoms with Crippen molar-refractivity contribution >= 4 is 11.7 Å². The molecule has 1 amide bonds. The molecule has 1 atom stereocenters. The number of nitrogens with zero attached hydrogens (tertiary/aromatic N) is 1. The second-order valence-electron chi connectivity index (χ2n) is 3.54. The first-order valence-corrected chi connectivity index (χ1v) is 4.78. The summed E-state index contributed by atoms with van der Waals surface area (Å²) in [5, 5.41) is 6.53. The number of benzene rings is 1. The molecule has 0 saturated carbocycles. The Hall–Kier alpha value is -1.84. The highest BCUT2D eigenvalue weighted by Gasteiger charge is 2.22. The van der Waals surface area contributed by atoms with Crippen LogP contribution < -0.4 is 5.32 Å². The predicted octanol–water partition coefficient (Wildman–Crippen LogP) is 1.19. The summed E-state index contributed by atoms with van der Waals surface area (Å²) in [6.07, 6.45) is -0.515. The van der Waals surface area contributed by atoms with Crippen molar-refractivity contribution in [2.24, 2.45) is 5.16 Å². The molecule has 0 bridgehead atoms. The Morgan fingerprint density at radius 3 is 2.60 bits per heavy atom. The predicted molar refractivity (Wildman–Crippen MR) is 56.4 cm³/mol. The third-order valence-corrected chi connectivity index (χ3v) is 2.24. The molecule has 0 spiro atoms. The van der Waals surface area contributed by atoms with Crippen molar-refractivity contribution in [3.05, 3.63) is 35.4 Å². The highest BCUT2D eigenvalue weighted by molar-refractivity contribution is 6.09. The molecule has 0 saturated heterocycles. The van der Waals surface area contributed by atoms with E-state index >= 15 is 0 Å². The molecule has 0 aliphatic carbocycles. The van der Waals surface area contributed by atoms with Crippen molar-refractivity contribution in [2.75, 3.05) is 0 Å². The van der Waals surface area contributed by atoms with E-state index in [1.54, 1.807) is 6.92 Å². The number of carbonyl (C=O) groups is 1. The minimum atomic E-state index is -0.515. The van der Waals surface area contributed by atoms with Gasteiger partial charge in [0.1, 0.15) is 0 Å². The maximum Gasteiger partial charge on any atom is 0.269 e. The van der Waals surface area contributed by atoms with Gasteiger partial charge in [0.25, 0.3) is 5.91 Å². The van der Waals surface area contributed by atoms with Gasteiger partial charge in [-0.15, -0.1) is 0 Å². The summed E-state index contributed by atoms with van der Waals surface area (Å²) in [4.78, 5) is 16.3. The topological polar surface area (TPSA) is 50.7 Å². The highest BCUT2D eigenvalue weighted by Crippen LogP contribution is 2.07. The SMILES string of the molecule is Cc1ccc(C2=NOC(C)C(=O)N2)cc1. The molecule has 1 aromatic carbocycles. The lowest BCUT2D eigenvalue weighted by Crippen LogP contribution is -2.42. The van der Waals surface area contributed by atoms with Gasteiger partial charge in [-0.25, -0.2) is 0 Å². The van der Waals surface area contributed by atoms with Crippen LogP contribution in [0.25, 0.3) is 0 Å². The van der Waals surface area contributed by atoms with Gasteiger partial charge in [-0.05, 0) is 13.8 Å². The minimum Gasteiger partial charge on any atom is -0.381 e. The zero-order valence-electron chi connectivity index (χ0n) is 8.65. The summed E-state index contributed by atoms with van der Waals surface area (Å²) in [7, 11) is 0. The fourth-order valence-corrected chi connectivity index (χ4v) is 1.26. The standard InChI is InChI=1S/C11H12N2O2/c1-7-3-5-9(6-4-7)10-12-11(14)8(2)15-13-10/h3-6,8H,1-2H3,(H,12,13,14). The Morgan fingerprint density at radius 2 is 2.00 bits per heavy atom. The highest BCUT2D eigenvalue weighted by atomic mass is 16.6. The molecule has 1 aromatic rings. The van der Waals surface area contributed by atoms with Crippen LogP contribution in [0.5, 0.6) is 0 Å². The zero-order chi connectivity index (χ0) is 10.8. The van der Waals surface area contributed by atoms with Crippen LogP contribution in [0.4, 0.5) is 0 Å². The lowest BCUT2D eigenvalue weighted by atomic mass is 10.1. The van der Waals surface area contributed by atoms with E-state index in [4.69, 9.17) is 4.84 Å². The molecule has 0 fully saturated rings. The fraction of sp³-hybridized carbons (Fsp3) is 0.273. The van der Waals surface area contributed by atoms with E-state index in [9.17, 15) is 4.79 Å². The Morgan fingerprint density at radius 1 is 1.33 bits per heavy atom. The van der Waals surface area contributed by atoms with Gasteiger partial charge in [0.2, 0.25) is 6.10 Å². The fourth-order valence-electron chi connectivity index (χ4n) is 1.26. The van der Waals surface area contributed by atoms with Gasteiger partial charge in [0.15, 0.2) is 5.84 Å². The van der Waals surface area contributed by atoms with E-state index in [2.05, 4.69) is 10.5 Å². The molecule has 1 aliphatic rings. The van der Waals surface area contributed by atoms with E-state index in [-0.39, 0.29) is 5.91 Å². The average Bonchev–Trinajstić information content (AvgIpc) is 2.23. The quantitative estimate of drug-likeness (QED) is 0.747. The number of carbonyl (C=O) groups excluding carboxylic acids is 1. The van der Waals surface area contributed by atoms with Crippen LogP contribution in [0.15, 0.2) is 29.4 Å². The van der Waals surface area contributed by atoms with Crippen LogP contribution in [0.3, 0.4) is 0 Å². The lowest BCUT2D eigenvalue weighted by molar-refractivity contribution is -0.131. The number of rotatable bonds is 1. The summed E-state index contributed by atoms with van der Waals surface area (Å²) < 4.78 is 0. The van der Waals surface area contributed by atoms with E-state index in [1.807, 2.05) is 31.2 Å².